The predicted octanol–water partition coefficient (Wildman–Crippen LogP) is 1.62. The molecule has 0 bridgehead atoms. The highest BCUT2D eigenvalue weighted by Crippen LogP contribution is 2.20. The fourth-order valence-corrected chi connectivity index (χ4v) is 3.09. The van der Waals surface area contributed by atoms with Gasteiger partial charge in [0.05, 0.1) is 11.3 Å². The van der Waals surface area contributed by atoms with E-state index in [0.717, 1.165) is 21.6 Å². The zero-order chi connectivity index (χ0) is 18.9. The second kappa shape index (κ2) is 6.71. The maximum atomic E-state index is 12.2. The van der Waals surface area contributed by atoms with E-state index in [1.807, 2.05) is 31.2 Å². The molecule has 10 heteroatoms. The number of carbonyl (C=O) groups excluding carboxylic acids is 1. The van der Waals surface area contributed by atoms with E-state index in [2.05, 4.69) is 14.5 Å². The van der Waals surface area contributed by atoms with Crippen LogP contribution in [-0.4, -0.2) is 41.6 Å². The molecule has 9 nitrogen and oxygen atoms in total. The molecule has 0 N–H and O–H groups in total. The number of aryl methyl sites for hydroxylation is 1. The van der Waals surface area contributed by atoms with Crippen LogP contribution in [0.25, 0.3) is 11.4 Å². The van der Waals surface area contributed by atoms with Crippen LogP contribution in [0.5, 0.6) is 0 Å². The van der Waals surface area contributed by atoms with Gasteiger partial charge in [-0.2, -0.15) is 13.4 Å². The SMILES string of the molecule is CC1=NS(=O)(=O)N(C)C=C1C(=O)OCc1nc(-c2ccccc2C)no1. The molecule has 0 fully saturated rings. The summed E-state index contributed by atoms with van der Waals surface area (Å²) in [5, 5.41) is 3.88. The summed E-state index contributed by atoms with van der Waals surface area (Å²) in [6.45, 7) is 3.10. The summed E-state index contributed by atoms with van der Waals surface area (Å²) in [4.78, 5) is 16.4. The Morgan fingerprint density at radius 1 is 1.27 bits per heavy atom. The topological polar surface area (TPSA) is 115 Å². The van der Waals surface area contributed by atoms with Crippen LogP contribution in [-0.2, 0) is 26.3 Å². The van der Waals surface area contributed by atoms with E-state index in [9.17, 15) is 13.2 Å². The van der Waals surface area contributed by atoms with Gasteiger partial charge in [-0.3, -0.25) is 4.31 Å². The minimum atomic E-state index is -3.78. The normalized spacial score (nSPS) is 16.0. The first-order valence-electron chi connectivity index (χ1n) is 7.60. The molecule has 1 aliphatic rings. The maximum Gasteiger partial charge on any atom is 0.344 e. The van der Waals surface area contributed by atoms with Crippen molar-refractivity contribution in [1.82, 2.24) is 14.4 Å². The number of aromatic nitrogens is 2. The van der Waals surface area contributed by atoms with E-state index in [4.69, 9.17) is 9.26 Å². The van der Waals surface area contributed by atoms with E-state index in [1.54, 1.807) is 0 Å². The molecule has 3 rings (SSSR count). The van der Waals surface area contributed by atoms with Crippen molar-refractivity contribution < 1.29 is 22.5 Å². The largest absolute Gasteiger partial charge is 0.452 e. The van der Waals surface area contributed by atoms with Crippen LogP contribution < -0.4 is 0 Å². The van der Waals surface area contributed by atoms with Crippen LogP contribution >= 0.6 is 0 Å². The number of hydrogen-bond donors (Lipinski definition) is 0. The minimum absolute atomic E-state index is 0.0426. The van der Waals surface area contributed by atoms with Crippen LogP contribution in [0.4, 0.5) is 0 Å². The molecule has 0 amide bonds. The molecule has 1 aromatic carbocycles. The van der Waals surface area contributed by atoms with Gasteiger partial charge in [0, 0.05) is 18.8 Å². The first kappa shape index (κ1) is 17.8. The standard InChI is InChI=1S/C16H16N4O5S/c1-10-6-4-5-7-12(10)15-17-14(25-18-15)9-24-16(21)13-8-20(3)26(22,23)19-11(13)2/h4-8H,9H2,1-3H3. The van der Waals surface area contributed by atoms with E-state index in [-0.39, 0.29) is 23.8 Å². The third-order valence-electron chi connectivity index (χ3n) is 3.72. The van der Waals surface area contributed by atoms with Gasteiger partial charge in [0.25, 0.3) is 5.89 Å². The molecular formula is C16H16N4O5S. The van der Waals surface area contributed by atoms with Gasteiger partial charge in [-0.05, 0) is 19.4 Å². The van der Waals surface area contributed by atoms with Gasteiger partial charge >= 0.3 is 16.2 Å². The van der Waals surface area contributed by atoms with Crippen molar-refractivity contribution in [3.63, 3.8) is 0 Å². The van der Waals surface area contributed by atoms with Crippen molar-refractivity contribution in [2.24, 2.45) is 4.40 Å². The Labute approximate surface area is 150 Å². The number of rotatable bonds is 4. The number of carbonyl (C=O) groups is 1. The quantitative estimate of drug-likeness (QED) is 0.745. The number of hydrogen-bond acceptors (Lipinski definition) is 7. The Morgan fingerprint density at radius 2 is 2.00 bits per heavy atom. The molecule has 0 radical (unpaired) electrons. The lowest BCUT2D eigenvalue weighted by molar-refractivity contribution is -0.140. The molecule has 1 aliphatic heterocycles. The fourth-order valence-electron chi connectivity index (χ4n) is 2.28. The van der Waals surface area contributed by atoms with Crippen LogP contribution in [0.2, 0.25) is 0 Å². The van der Waals surface area contributed by atoms with Crippen molar-refractivity contribution in [1.29, 1.82) is 0 Å². The van der Waals surface area contributed by atoms with E-state index >= 15 is 0 Å². The molecule has 0 saturated carbocycles. The molecule has 26 heavy (non-hydrogen) atoms. The number of benzene rings is 1. The van der Waals surface area contributed by atoms with Crippen LogP contribution in [0.3, 0.4) is 0 Å². The highest BCUT2D eigenvalue weighted by atomic mass is 32.2. The average molecular weight is 376 g/mol. The lowest BCUT2D eigenvalue weighted by Gasteiger charge is -2.18. The van der Waals surface area contributed by atoms with Gasteiger partial charge < -0.3 is 9.26 Å². The summed E-state index contributed by atoms with van der Waals surface area (Å²) in [7, 11) is -2.50. The zero-order valence-electron chi connectivity index (χ0n) is 14.3. The Bertz CT molecular complexity index is 1020. The molecule has 0 atom stereocenters. The van der Waals surface area contributed by atoms with Crippen LogP contribution in [0.15, 0.2) is 45.0 Å². The van der Waals surface area contributed by atoms with E-state index in [0.29, 0.717) is 5.82 Å². The summed E-state index contributed by atoms with van der Waals surface area (Å²) in [6, 6.07) is 7.55. The summed E-state index contributed by atoms with van der Waals surface area (Å²) >= 11 is 0. The first-order chi connectivity index (χ1) is 12.3. The molecule has 2 heterocycles. The highest BCUT2D eigenvalue weighted by Gasteiger charge is 2.26. The van der Waals surface area contributed by atoms with Crippen molar-refractivity contribution in [2.75, 3.05) is 7.05 Å². The third-order valence-corrected chi connectivity index (χ3v) is 5.06. The van der Waals surface area contributed by atoms with Crippen molar-refractivity contribution in [3.05, 3.63) is 47.5 Å². The second-order valence-corrected chi connectivity index (χ2v) is 7.27. The number of ether oxygens (including phenoxy) is 1. The molecular weight excluding hydrogens is 360 g/mol. The average Bonchev–Trinajstić information content (AvgIpc) is 3.05. The summed E-state index contributed by atoms with van der Waals surface area (Å²) in [6.07, 6.45) is 1.16. The molecule has 136 valence electrons. The summed E-state index contributed by atoms with van der Waals surface area (Å²) in [5.41, 5.74) is 1.90. The molecule has 0 saturated heterocycles. The second-order valence-electron chi connectivity index (χ2n) is 5.62. The van der Waals surface area contributed by atoms with Crippen molar-refractivity contribution in [3.8, 4) is 11.4 Å². The number of esters is 1. The molecule has 0 aliphatic carbocycles. The smallest absolute Gasteiger partial charge is 0.344 e. The van der Waals surface area contributed by atoms with E-state index in [1.165, 1.54) is 14.0 Å². The molecule has 0 spiro atoms. The summed E-state index contributed by atoms with van der Waals surface area (Å²) in [5.74, 6) is -0.207. The fraction of sp³-hybridized carbons (Fsp3) is 0.250. The number of nitrogens with zero attached hydrogens (tertiary/aromatic N) is 4. The zero-order valence-corrected chi connectivity index (χ0v) is 15.1. The monoisotopic (exact) mass is 376 g/mol. The summed E-state index contributed by atoms with van der Waals surface area (Å²) < 4.78 is 37.8. The van der Waals surface area contributed by atoms with Gasteiger partial charge in [-0.25, -0.2) is 4.79 Å². The third kappa shape index (κ3) is 3.49. The Morgan fingerprint density at radius 3 is 2.73 bits per heavy atom. The lowest BCUT2D eigenvalue weighted by Crippen LogP contribution is -2.29. The maximum absolute atomic E-state index is 12.2. The van der Waals surface area contributed by atoms with Gasteiger partial charge in [-0.1, -0.05) is 29.4 Å². The van der Waals surface area contributed by atoms with E-state index < -0.39 is 16.2 Å². The van der Waals surface area contributed by atoms with Crippen molar-refractivity contribution in [2.45, 2.75) is 20.5 Å². The molecule has 0 unspecified atom stereocenters. The van der Waals surface area contributed by atoms with Crippen LogP contribution in [0, 0.1) is 6.92 Å². The van der Waals surface area contributed by atoms with Gasteiger partial charge in [0.1, 0.15) is 0 Å². The minimum Gasteiger partial charge on any atom is -0.452 e. The lowest BCUT2D eigenvalue weighted by atomic mass is 10.1. The highest BCUT2D eigenvalue weighted by molar-refractivity contribution is 7.88. The molecule has 1 aromatic heterocycles. The van der Waals surface area contributed by atoms with Gasteiger partial charge in [0.15, 0.2) is 6.61 Å². The van der Waals surface area contributed by atoms with Gasteiger partial charge in [0.2, 0.25) is 5.82 Å². The Hall–Kier alpha value is -3.01. The first-order valence-corrected chi connectivity index (χ1v) is 9.00. The predicted molar refractivity (Wildman–Crippen MR) is 92.1 cm³/mol. The van der Waals surface area contributed by atoms with Gasteiger partial charge in [-0.15, -0.1) is 4.40 Å². The Kier molecular flexibility index (Phi) is 4.60. The van der Waals surface area contributed by atoms with Crippen molar-refractivity contribution >= 4 is 21.9 Å². The Balaban J connectivity index is 1.70. The van der Waals surface area contributed by atoms with Crippen LogP contribution in [0.1, 0.15) is 18.4 Å². The molecule has 2 aromatic rings.